The highest BCUT2D eigenvalue weighted by Gasteiger charge is 2.30. The van der Waals surface area contributed by atoms with Crippen molar-refractivity contribution in [3.05, 3.63) is 72.1 Å². The van der Waals surface area contributed by atoms with Gasteiger partial charge in [-0.2, -0.15) is 9.40 Å². The van der Waals surface area contributed by atoms with Gasteiger partial charge in [-0.1, -0.05) is 42.5 Å². The predicted molar refractivity (Wildman–Crippen MR) is 110 cm³/mol. The first kappa shape index (κ1) is 19.4. The lowest BCUT2D eigenvalue weighted by Crippen LogP contribution is -2.37. The third kappa shape index (κ3) is 3.94. The number of hydrogen-bond acceptors (Lipinski definition) is 4. The molecule has 1 aliphatic heterocycles. The maximum Gasteiger partial charge on any atom is 0.269 e. The quantitative estimate of drug-likeness (QED) is 0.674. The van der Waals surface area contributed by atoms with Gasteiger partial charge in [-0.05, 0) is 42.2 Å². The minimum Gasteiger partial charge on any atom is -0.364 e. The van der Waals surface area contributed by atoms with Gasteiger partial charge < -0.3 is 5.73 Å². The first-order chi connectivity index (χ1) is 13.9. The highest BCUT2D eigenvalue weighted by Crippen LogP contribution is 2.30. The topological polar surface area (TPSA) is 109 Å². The van der Waals surface area contributed by atoms with E-state index < -0.39 is 15.9 Å². The highest BCUT2D eigenvalue weighted by molar-refractivity contribution is 7.89. The van der Waals surface area contributed by atoms with Crippen molar-refractivity contribution in [1.29, 1.82) is 0 Å². The van der Waals surface area contributed by atoms with Gasteiger partial charge in [0.15, 0.2) is 0 Å². The molecule has 4 rings (SSSR count). The number of piperidine rings is 1. The van der Waals surface area contributed by atoms with Crippen molar-refractivity contribution >= 4 is 15.9 Å². The van der Waals surface area contributed by atoms with Gasteiger partial charge in [-0.25, -0.2) is 8.42 Å². The number of aromatic amines is 1. The van der Waals surface area contributed by atoms with E-state index in [9.17, 15) is 13.2 Å². The van der Waals surface area contributed by atoms with Crippen molar-refractivity contribution in [2.24, 2.45) is 5.73 Å². The second kappa shape index (κ2) is 7.81. The van der Waals surface area contributed by atoms with Crippen molar-refractivity contribution < 1.29 is 13.2 Å². The van der Waals surface area contributed by atoms with Crippen molar-refractivity contribution in [1.82, 2.24) is 14.5 Å². The lowest BCUT2D eigenvalue weighted by atomic mass is 9.94. The Kier molecular flexibility index (Phi) is 5.21. The molecule has 0 aliphatic carbocycles. The predicted octanol–water partition coefficient (Wildman–Crippen LogP) is 2.74. The first-order valence-corrected chi connectivity index (χ1v) is 10.9. The van der Waals surface area contributed by atoms with Crippen molar-refractivity contribution in [3.63, 3.8) is 0 Å². The molecule has 0 unspecified atom stereocenters. The standard InChI is InChI=1S/C21H22N4O3S/c22-21(26)20-14-19(23-24-20)17-10-12-25(13-11-17)29(27,28)18-8-6-16(7-9-18)15-4-2-1-3-5-15/h1-9,14,17H,10-13H2,(H2,22,26)(H,23,24). The Hall–Kier alpha value is -2.97. The van der Waals surface area contributed by atoms with E-state index >= 15 is 0 Å². The largest absolute Gasteiger partial charge is 0.364 e. The number of nitrogens with one attached hydrogen (secondary N) is 1. The summed E-state index contributed by atoms with van der Waals surface area (Å²) < 4.78 is 27.6. The number of benzene rings is 2. The maximum atomic E-state index is 13.0. The summed E-state index contributed by atoms with van der Waals surface area (Å²) in [5, 5.41) is 6.75. The average molecular weight is 410 g/mol. The van der Waals surface area contributed by atoms with E-state index in [0.717, 1.165) is 16.8 Å². The SMILES string of the molecule is NC(=O)c1cc(C2CCN(S(=O)(=O)c3ccc(-c4ccccc4)cc3)CC2)[nH]n1. The van der Waals surface area contributed by atoms with E-state index in [1.807, 2.05) is 42.5 Å². The molecule has 1 fully saturated rings. The normalized spacial score (nSPS) is 16.0. The fraction of sp³-hybridized carbons (Fsp3) is 0.238. The van der Waals surface area contributed by atoms with Crippen LogP contribution in [0.15, 0.2) is 65.6 Å². The maximum absolute atomic E-state index is 13.0. The molecule has 0 atom stereocenters. The van der Waals surface area contributed by atoms with Crippen LogP contribution in [0.25, 0.3) is 11.1 Å². The summed E-state index contributed by atoms with van der Waals surface area (Å²) in [6.07, 6.45) is 1.31. The van der Waals surface area contributed by atoms with Gasteiger partial charge in [-0.15, -0.1) is 0 Å². The first-order valence-electron chi connectivity index (χ1n) is 9.46. The molecule has 1 amide bonds. The molecule has 0 bridgehead atoms. The van der Waals surface area contributed by atoms with Gasteiger partial charge in [-0.3, -0.25) is 9.89 Å². The molecule has 0 radical (unpaired) electrons. The van der Waals surface area contributed by atoms with Crippen LogP contribution in [-0.2, 0) is 10.0 Å². The summed E-state index contributed by atoms with van der Waals surface area (Å²) in [6, 6.07) is 18.5. The molecule has 1 aliphatic rings. The van der Waals surface area contributed by atoms with Gasteiger partial charge in [0, 0.05) is 24.7 Å². The van der Waals surface area contributed by atoms with Crippen LogP contribution >= 0.6 is 0 Å². The summed E-state index contributed by atoms with van der Waals surface area (Å²) in [4.78, 5) is 11.5. The molecule has 7 nitrogen and oxygen atoms in total. The zero-order valence-electron chi connectivity index (χ0n) is 15.8. The molecule has 2 aromatic carbocycles. The summed E-state index contributed by atoms with van der Waals surface area (Å²) >= 11 is 0. The summed E-state index contributed by atoms with van der Waals surface area (Å²) in [7, 11) is -3.54. The molecular weight excluding hydrogens is 388 g/mol. The smallest absolute Gasteiger partial charge is 0.269 e. The van der Waals surface area contributed by atoms with Gasteiger partial charge >= 0.3 is 0 Å². The van der Waals surface area contributed by atoms with Crippen LogP contribution in [0.1, 0.15) is 34.9 Å². The van der Waals surface area contributed by atoms with Crippen molar-refractivity contribution in [2.45, 2.75) is 23.7 Å². The lowest BCUT2D eigenvalue weighted by molar-refractivity contribution is 0.0995. The molecule has 0 saturated carbocycles. The minimum atomic E-state index is -3.54. The van der Waals surface area contributed by atoms with E-state index in [1.54, 1.807) is 18.2 Å². The third-order valence-electron chi connectivity index (χ3n) is 5.34. The lowest BCUT2D eigenvalue weighted by Gasteiger charge is -2.30. The molecule has 0 spiro atoms. The van der Waals surface area contributed by atoms with Crippen LogP contribution in [0.4, 0.5) is 0 Å². The Morgan fingerprint density at radius 3 is 2.21 bits per heavy atom. The van der Waals surface area contributed by atoms with E-state index in [0.29, 0.717) is 30.8 Å². The van der Waals surface area contributed by atoms with Crippen LogP contribution in [0, 0.1) is 0 Å². The van der Waals surface area contributed by atoms with Crippen LogP contribution < -0.4 is 5.73 Å². The van der Waals surface area contributed by atoms with Gasteiger partial charge in [0.05, 0.1) is 4.90 Å². The van der Waals surface area contributed by atoms with Crippen molar-refractivity contribution in [3.8, 4) is 11.1 Å². The number of sulfonamides is 1. The second-order valence-corrected chi connectivity index (χ2v) is 9.08. The number of H-pyrrole nitrogens is 1. The number of aromatic nitrogens is 2. The van der Waals surface area contributed by atoms with E-state index in [4.69, 9.17) is 5.73 Å². The number of nitrogens with two attached hydrogens (primary N) is 1. The van der Waals surface area contributed by atoms with Gasteiger partial charge in [0.2, 0.25) is 10.0 Å². The van der Waals surface area contributed by atoms with Crippen LogP contribution in [0.3, 0.4) is 0 Å². The van der Waals surface area contributed by atoms with E-state index in [1.165, 1.54) is 4.31 Å². The highest BCUT2D eigenvalue weighted by atomic mass is 32.2. The Bertz CT molecular complexity index is 1100. The molecule has 3 aromatic rings. The number of hydrogen-bond donors (Lipinski definition) is 2. The number of primary amides is 1. The Morgan fingerprint density at radius 2 is 1.62 bits per heavy atom. The van der Waals surface area contributed by atoms with Gasteiger partial charge in [0.25, 0.3) is 5.91 Å². The van der Waals surface area contributed by atoms with Crippen LogP contribution in [-0.4, -0.2) is 41.9 Å². The molecule has 150 valence electrons. The number of nitrogens with zero attached hydrogens (tertiary/aromatic N) is 2. The van der Waals surface area contributed by atoms with Crippen LogP contribution in [0.2, 0.25) is 0 Å². The summed E-state index contributed by atoms with van der Waals surface area (Å²) in [6.45, 7) is 0.830. The fourth-order valence-corrected chi connectivity index (χ4v) is 5.15. The van der Waals surface area contributed by atoms with Crippen molar-refractivity contribution in [2.75, 3.05) is 13.1 Å². The molecule has 29 heavy (non-hydrogen) atoms. The zero-order chi connectivity index (χ0) is 20.4. The molecule has 8 heteroatoms. The zero-order valence-corrected chi connectivity index (χ0v) is 16.6. The molecule has 1 saturated heterocycles. The Morgan fingerprint density at radius 1 is 1.00 bits per heavy atom. The number of carbonyl (C=O) groups excluding carboxylic acids is 1. The average Bonchev–Trinajstić information content (AvgIpc) is 3.25. The second-order valence-electron chi connectivity index (χ2n) is 7.14. The molecule has 2 heterocycles. The summed E-state index contributed by atoms with van der Waals surface area (Å²) in [5.41, 5.74) is 8.29. The summed E-state index contributed by atoms with van der Waals surface area (Å²) in [5.74, 6) is -0.450. The molecule has 1 aromatic heterocycles. The molecule has 3 N–H and O–H groups in total. The third-order valence-corrected chi connectivity index (χ3v) is 7.26. The minimum absolute atomic E-state index is 0.127. The van der Waals surface area contributed by atoms with E-state index in [2.05, 4.69) is 10.2 Å². The number of carbonyl (C=O) groups is 1. The van der Waals surface area contributed by atoms with Gasteiger partial charge in [0.1, 0.15) is 5.69 Å². The Balaban J connectivity index is 1.45. The van der Waals surface area contributed by atoms with Crippen LogP contribution in [0.5, 0.6) is 0 Å². The number of amides is 1. The molecular formula is C21H22N4O3S. The fourth-order valence-electron chi connectivity index (χ4n) is 3.68. The Labute approximate surface area is 169 Å². The number of rotatable bonds is 5. The monoisotopic (exact) mass is 410 g/mol. The van der Waals surface area contributed by atoms with E-state index in [-0.39, 0.29) is 11.6 Å².